The molecular weight excluding hydrogens is 306 g/mol. The number of rotatable bonds is 5. The Kier molecular flexibility index (Phi) is 4.97. The number of nitrogens with zero attached hydrogens (tertiary/aromatic N) is 2. The summed E-state index contributed by atoms with van der Waals surface area (Å²) >= 11 is 1.39. The molecule has 0 aliphatic rings. The summed E-state index contributed by atoms with van der Waals surface area (Å²) in [6.07, 6.45) is 5.47. The molecule has 0 bridgehead atoms. The average Bonchev–Trinajstić information content (AvgIpc) is 2.40. The SMILES string of the molecule is CC(N)Cc1cnc(Sc2ccc(S(C)(=O)=O)cc2)nc1. The van der Waals surface area contributed by atoms with Crippen LogP contribution < -0.4 is 5.73 Å². The molecule has 0 aliphatic heterocycles. The zero-order valence-corrected chi connectivity index (χ0v) is 13.5. The Morgan fingerprint density at radius 2 is 1.76 bits per heavy atom. The predicted octanol–water partition coefficient (Wildman–Crippen LogP) is 1.92. The highest BCUT2D eigenvalue weighted by Crippen LogP contribution is 2.25. The fourth-order valence-corrected chi connectivity index (χ4v) is 3.06. The Balaban J connectivity index is 2.08. The van der Waals surface area contributed by atoms with Crippen molar-refractivity contribution in [1.29, 1.82) is 0 Å². The topological polar surface area (TPSA) is 85.9 Å². The molecule has 2 aromatic rings. The first-order valence-corrected chi connectivity index (χ1v) is 9.10. The predicted molar refractivity (Wildman–Crippen MR) is 83.1 cm³/mol. The maximum atomic E-state index is 11.4. The minimum absolute atomic E-state index is 0.0793. The first-order valence-electron chi connectivity index (χ1n) is 6.39. The van der Waals surface area contributed by atoms with Gasteiger partial charge in [-0.2, -0.15) is 0 Å². The molecule has 7 heteroatoms. The third-order valence-corrected chi connectivity index (χ3v) is 4.73. The second kappa shape index (κ2) is 6.55. The first kappa shape index (κ1) is 15.9. The van der Waals surface area contributed by atoms with Gasteiger partial charge in [0.2, 0.25) is 0 Å². The van der Waals surface area contributed by atoms with E-state index in [0.717, 1.165) is 16.9 Å². The van der Waals surface area contributed by atoms with Gasteiger partial charge in [0.15, 0.2) is 15.0 Å². The highest BCUT2D eigenvalue weighted by molar-refractivity contribution is 7.99. The van der Waals surface area contributed by atoms with Gasteiger partial charge in [-0.3, -0.25) is 0 Å². The molecule has 0 aliphatic carbocycles. The van der Waals surface area contributed by atoms with E-state index in [1.807, 2.05) is 6.92 Å². The summed E-state index contributed by atoms with van der Waals surface area (Å²) in [7, 11) is -3.16. The molecule has 1 aromatic heterocycles. The molecule has 5 nitrogen and oxygen atoms in total. The molecule has 0 saturated heterocycles. The highest BCUT2D eigenvalue weighted by Gasteiger charge is 2.07. The van der Waals surface area contributed by atoms with E-state index in [0.29, 0.717) is 10.1 Å². The quantitative estimate of drug-likeness (QED) is 0.846. The van der Waals surface area contributed by atoms with Crippen LogP contribution in [-0.2, 0) is 16.3 Å². The Hall–Kier alpha value is -1.44. The van der Waals surface area contributed by atoms with Crippen molar-refractivity contribution in [3.8, 4) is 0 Å². The Bertz CT molecular complexity index is 696. The lowest BCUT2D eigenvalue weighted by Crippen LogP contribution is -2.17. The summed E-state index contributed by atoms with van der Waals surface area (Å²) in [6, 6.07) is 6.75. The second-order valence-corrected chi connectivity index (χ2v) is 7.96. The van der Waals surface area contributed by atoms with Crippen molar-refractivity contribution in [2.24, 2.45) is 5.73 Å². The Labute approximate surface area is 128 Å². The Morgan fingerprint density at radius 3 is 2.24 bits per heavy atom. The zero-order chi connectivity index (χ0) is 15.5. The summed E-state index contributed by atoms with van der Waals surface area (Å²) in [4.78, 5) is 9.75. The van der Waals surface area contributed by atoms with E-state index >= 15 is 0 Å². The summed E-state index contributed by atoms with van der Waals surface area (Å²) in [5, 5.41) is 0.621. The van der Waals surface area contributed by atoms with Crippen LogP contribution in [0.2, 0.25) is 0 Å². The monoisotopic (exact) mass is 323 g/mol. The lowest BCUT2D eigenvalue weighted by molar-refractivity contribution is 0.602. The average molecular weight is 323 g/mol. The molecule has 0 saturated carbocycles. The van der Waals surface area contributed by atoms with Gasteiger partial charge in [0.25, 0.3) is 0 Å². The van der Waals surface area contributed by atoms with Gasteiger partial charge < -0.3 is 5.73 Å². The normalized spacial score (nSPS) is 13.1. The molecule has 1 aromatic carbocycles. The fourth-order valence-electron chi connectivity index (χ4n) is 1.73. The van der Waals surface area contributed by atoms with Gasteiger partial charge in [-0.15, -0.1) is 0 Å². The molecule has 2 N–H and O–H groups in total. The second-order valence-electron chi connectivity index (χ2n) is 4.90. The zero-order valence-electron chi connectivity index (χ0n) is 11.9. The van der Waals surface area contributed by atoms with Crippen molar-refractivity contribution in [3.05, 3.63) is 42.2 Å². The van der Waals surface area contributed by atoms with Crippen LogP contribution in [0, 0.1) is 0 Å². The molecule has 1 unspecified atom stereocenters. The largest absolute Gasteiger partial charge is 0.328 e. The molecule has 1 atom stereocenters. The van der Waals surface area contributed by atoms with Crippen molar-refractivity contribution in [1.82, 2.24) is 9.97 Å². The molecule has 21 heavy (non-hydrogen) atoms. The number of hydrogen-bond acceptors (Lipinski definition) is 6. The summed E-state index contributed by atoms with van der Waals surface area (Å²) in [5.41, 5.74) is 6.73. The van der Waals surface area contributed by atoms with Crippen molar-refractivity contribution in [2.75, 3.05) is 6.26 Å². The molecule has 0 amide bonds. The van der Waals surface area contributed by atoms with Crippen LogP contribution in [0.5, 0.6) is 0 Å². The van der Waals surface area contributed by atoms with Gasteiger partial charge >= 0.3 is 0 Å². The van der Waals surface area contributed by atoms with Crippen LogP contribution in [0.3, 0.4) is 0 Å². The van der Waals surface area contributed by atoms with Crippen LogP contribution in [0.1, 0.15) is 12.5 Å². The molecule has 0 radical (unpaired) electrons. The maximum absolute atomic E-state index is 11.4. The van der Waals surface area contributed by atoms with Crippen LogP contribution in [0.15, 0.2) is 51.6 Å². The van der Waals surface area contributed by atoms with Crippen LogP contribution in [0.4, 0.5) is 0 Å². The highest BCUT2D eigenvalue weighted by atomic mass is 32.2. The third-order valence-electron chi connectivity index (χ3n) is 2.70. The number of sulfone groups is 1. The number of benzene rings is 1. The van der Waals surface area contributed by atoms with E-state index in [1.54, 1.807) is 36.7 Å². The number of aromatic nitrogens is 2. The smallest absolute Gasteiger partial charge is 0.192 e. The van der Waals surface area contributed by atoms with E-state index in [4.69, 9.17) is 5.73 Å². The van der Waals surface area contributed by atoms with Gasteiger partial charge in [-0.05, 0) is 54.9 Å². The van der Waals surface area contributed by atoms with E-state index in [-0.39, 0.29) is 6.04 Å². The molecular formula is C14H17N3O2S2. The molecule has 112 valence electrons. The van der Waals surface area contributed by atoms with E-state index in [9.17, 15) is 8.42 Å². The van der Waals surface area contributed by atoms with Gasteiger partial charge in [0, 0.05) is 29.6 Å². The molecule has 1 heterocycles. The van der Waals surface area contributed by atoms with Crippen molar-refractivity contribution in [2.45, 2.75) is 34.3 Å². The lowest BCUT2D eigenvalue weighted by Gasteiger charge is -2.05. The van der Waals surface area contributed by atoms with Crippen molar-refractivity contribution in [3.63, 3.8) is 0 Å². The first-order chi connectivity index (χ1) is 9.84. The lowest BCUT2D eigenvalue weighted by atomic mass is 10.1. The molecule has 2 rings (SSSR count). The number of hydrogen-bond donors (Lipinski definition) is 1. The Morgan fingerprint density at radius 1 is 1.19 bits per heavy atom. The third kappa shape index (κ3) is 4.80. The fraction of sp³-hybridized carbons (Fsp3) is 0.286. The van der Waals surface area contributed by atoms with Crippen LogP contribution >= 0.6 is 11.8 Å². The standard InChI is InChI=1S/C14H17N3O2S2/c1-10(15)7-11-8-16-14(17-9-11)20-12-3-5-13(6-4-12)21(2,18)19/h3-6,8-10H,7,15H2,1-2H3. The van der Waals surface area contributed by atoms with Crippen LogP contribution in [-0.4, -0.2) is 30.7 Å². The summed E-state index contributed by atoms with van der Waals surface area (Å²) in [5.74, 6) is 0. The van der Waals surface area contributed by atoms with Gasteiger partial charge in [-0.25, -0.2) is 18.4 Å². The van der Waals surface area contributed by atoms with E-state index in [2.05, 4.69) is 9.97 Å². The molecule has 0 spiro atoms. The van der Waals surface area contributed by atoms with E-state index < -0.39 is 9.84 Å². The van der Waals surface area contributed by atoms with Gasteiger partial charge in [0.05, 0.1) is 4.90 Å². The van der Waals surface area contributed by atoms with E-state index in [1.165, 1.54) is 18.0 Å². The molecule has 0 fully saturated rings. The number of nitrogens with two attached hydrogens (primary N) is 1. The van der Waals surface area contributed by atoms with Crippen molar-refractivity contribution >= 4 is 21.6 Å². The van der Waals surface area contributed by atoms with Crippen molar-refractivity contribution < 1.29 is 8.42 Å². The minimum Gasteiger partial charge on any atom is -0.328 e. The summed E-state index contributed by atoms with van der Waals surface area (Å²) < 4.78 is 22.8. The van der Waals surface area contributed by atoms with Gasteiger partial charge in [0.1, 0.15) is 0 Å². The minimum atomic E-state index is -3.16. The van der Waals surface area contributed by atoms with Crippen LogP contribution in [0.25, 0.3) is 0 Å². The summed E-state index contributed by atoms with van der Waals surface area (Å²) in [6.45, 7) is 1.94. The maximum Gasteiger partial charge on any atom is 0.192 e. The van der Waals surface area contributed by atoms with Gasteiger partial charge in [-0.1, -0.05) is 0 Å².